The van der Waals surface area contributed by atoms with Crippen molar-refractivity contribution in [2.75, 3.05) is 19.0 Å². The Kier molecular flexibility index (Phi) is 5.49. The third-order valence-electron chi connectivity index (χ3n) is 2.33. The third kappa shape index (κ3) is 4.07. The number of para-hydroxylation sites is 2. The van der Waals surface area contributed by atoms with E-state index in [0.29, 0.717) is 18.0 Å². The van der Waals surface area contributed by atoms with Gasteiger partial charge in [-0.05, 0) is 25.5 Å². The normalized spacial score (nSPS) is 11.9. The van der Waals surface area contributed by atoms with Gasteiger partial charge in [0.25, 0.3) is 5.91 Å². The van der Waals surface area contributed by atoms with E-state index in [9.17, 15) is 4.79 Å². The van der Waals surface area contributed by atoms with E-state index in [-0.39, 0.29) is 5.91 Å². The topological polar surface area (TPSA) is 47.6 Å². The SMILES string of the molecule is CCCOc1ccccc1NC(=O)C(C)OC. The van der Waals surface area contributed by atoms with Gasteiger partial charge in [0, 0.05) is 7.11 Å². The van der Waals surface area contributed by atoms with Gasteiger partial charge in [0.05, 0.1) is 12.3 Å². The molecule has 0 aromatic heterocycles. The second-order valence-electron chi connectivity index (χ2n) is 3.71. The molecule has 1 aromatic rings. The molecule has 1 unspecified atom stereocenters. The Hall–Kier alpha value is -1.55. The van der Waals surface area contributed by atoms with Gasteiger partial charge < -0.3 is 14.8 Å². The summed E-state index contributed by atoms with van der Waals surface area (Å²) in [7, 11) is 1.50. The van der Waals surface area contributed by atoms with E-state index in [1.807, 2.05) is 31.2 Å². The molecule has 0 saturated carbocycles. The summed E-state index contributed by atoms with van der Waals surface area (Å²) in [5.74, 6) is 0.506. The largest absolute Gasteiger partial charge is 0.491 e. The predicted molar refractivity (Wildman–Crippen MR) is 67.3 cm³/mol. The number of hydrogen-bond acceptors (Lipinski definition) is 3. The molecule has 1 atom stereocenters. The molecule has 4 nitrogen and oxygen atoms in total. The van der Waals surface area contributed by atoms with Crippen molar-refractivity contribution in [1.82, 2.24) is 0 Å². The van der Waals surface area contributed by atoms with Crippen LogP contribution in [0.25, 0.3) is 0 Å². The number of hydrogen-bond donors (Lipinski definition) is 1. The molecule has 0 radical (unpaired) electrons. The van der Waals surface area contributed by atoms with Gasteiger partial charge in [-0.3, -0.25) is 4.79 Å². The monoisotopic (exact) mass is 237 g/mol. The first-order chi connectivity index (χ1) is 8.19. The second-order valence-corrected chi connectivity index (χ2v) is 3.71. The summed E-state index contributed by atoms with van der Waals surface area (Å²) in [5, 5.41) is 2.78. The Labute approximate surface area is 102 Å². The van der Waals surface area contributed by atoms with E-state index < -0.39 is 6.10 Å². The zero-order valence-corrected chi connectivity index (χ0v) is 10.5. The number of carbonyl (C=O) groups excluding carboxylic acids is 1. The van der Waals surface area contributed by atoms with E-state index in [0.717, 1.165) is 6.42 Å². The highest BCUT2D eigenvalue weighted by Crippen LogP contribution is 2.24. The number of benzene rings is 1. The van der Waals surface area contributed by atoms with Crippen LogP contribution in [-0.2, 0) is 9.53 Å². The van der Waals surface area contributed by atoms with Gasteiger partial charge in [0.15, 0.2) is 0 Å². The fourth-order valence-corrected chi connectivity index (χ4v) is 1.25. The highest BCUT2D eigenvalue weighted by Gasteiger charge is 2.13. The highest BCUT2D eigenvalue weighted by molar-refractivity contribution is 5.95. The average Bonchev–Trinajstić information content (AvgIpc) is 2.36. The lowest BCUT2D eigenvalue weighted by molar-refractivity contribution is -0.124. The molecular weight excluding hydrogens is 218 g/mol. The minimum Gasteiger partial charge on any atom is -0.491 e. The van der Waals surface area contributed by atoms with Crippen LogP contribution < -0.4 is 10.1 Å². The number of carbonyl (C=O) groups is 1. The summed E-state index contributed by atoms with van der Waals surface area (Å²) in [6.07, 6.45) is 0.450. The summed E-state index contributed by atoms with van der Waals surface area (Å²) >= 11 is 0. The molecule has 17 heavy (non-hydrogen) atoms. The van der Waals surface area contributed by atoms with Crippen LogP contribution in [0.3, 0.4) is 0 Å². The lowest BCUT2D eigenvalue weighted by atomic mass is 10.2. The van der Waals surface area contributed by atoms with Crippen molar-refractivity contribution in [2.24, 2.45) is 0 Å². The zero-order valence-electron chi connectivity index (χ0n) is 10.5. The first-order valence-corrected chi connectivity index (χ1v) is 5.74. The second kappa shape index (κ2) is 6.91. The Morgan fingerprint density at radius 3 is 2.76 bits per heavy atom. The molecule has 0 aliphatic rings. The molecule has 1 aromatic carbocycles. The number of ether oxygens (including phenoxy) is 2. The van der Waals surface area contributed by atoms with E-state index in [2.05, 4.69) is 5.32 Å². The standard InChI is InChI=1S/C13H19NO3/c1-4-9-17-12-8-6-5-7-11(12)14-13(15)10(2)16-3/h5-8,10H,4,9H2,1-3H3,(H,14,15). The van der Waals surface area contributed by atoms with Crippen LogP contribution in [0, 0.1) is 0 Å². The maximum absolute atomic E-state index is 11.7. The molecule has 4 heteroatoms. The van der Waals surface area contributed by atoms with Crippen molar-refractivity contribution in [3.05, 3.63) is 24.3 Å². The van der Waals surface area contributed by atoms with E-state index in [1.165, 1.54) is 7.11 Å². The number of rotatable bonds is 6. The lowest BCUT2D eigenvalue weighted by Crippen LogP contribution is -2.26. The molecule has 1 amide bonds. The summed E-state index contributed by atoms with van der Waals surface area (Å²) in [6.45, 7) is 4.37. The van der Waals surface area contributed by atoms with Crippen LogP contribution in [0.5, 0.6) is 5.75 Å². The summed E-state index contributed by atoms with van der Waals surface area (Å²) in [6, 6.07) is 7.38. The van der Waals surface area contributed by atoms with Crippen molar-refractivity contribution in [3.63, 3.8) is 0 Å². The minimum absolute atomic E-state index is 0.181. The Bertz CT molecular complexity index is 365. The Balaban J connectivity index is 2.72. The summed E-state index contributed by atoms with van der Waals surface area (Å²) in [4.78, 5) is 11.7. The van der Waals surface area contributed by atoms with Crippen LogP contribution in [0.1, 0.15) is 20.3 Å². The third-order valence-corrected chi connectivity index (χ3v) is 2.33. The molecular formula is C13H19NO3. The predicted octanol–water partition coefficient (Wildman–Crippen LogP) is 2.45. The average molecular weight is 237 g/mol. The van der Waals surface area contributed by atoms with Gasteiger partial charge in [0.2, 0.25) is 0 Å². The quantitative estimate of drug-likeness (QED) is 0.826. The van der Waals surface area contributed by atoms with E-state index >= 15 is 0 Å². The van der Waals surface area contributed by atoms with Crippen LogP contribution in [0.4, 0.5) is 5.69 Å². The molecule has 94 valence electrons. The van der Waals surface area contributed by atoms with Gasteiger partial charge >= 0.3 is 0 Å². The molecule has 0 heterocycles. The molecule has 1 rings (SSSR count). The van der Waals surface area contributed by atoms with E-state index in [4.69, 9.17) is 9.47 Å². The smallest absolute Gasteiger partial charge is 0.253 e. The van der Waals surface area contributed by atoms with Gasteiger partial charge in [-0.1, -0.05) is 19.1 Å². The van der Waals surface area contributed by atoms with Crippen LogP contribution in [-0.4, -0.2) is 25.7 Å². The fourth-order valence-electron chi connectivity index (χ4n) is 1.25. The molecule has 0 aliphatic heterocycles. The first kappa shape index (κ1) is 13.5. The van der Waals surface area contributed by atoms with Crippen LogP contribution in [0.2, 0.25) is 0 Å². The maximum atomic E-state index is 11.7. The van der Waals surface area contributed by atoms with Gasteiger partial charge in [-0.15, -0.1) is 0 Å². The highest BCUT2D eigenvalue weighted by atomic mass is 16.5. The van der Waals surface area contributed by atoms with Gasteiger partial charge in [-0.2, -0.15) is 0 Å². The van der Waals surface area contributed by atoms with Gasteiger partial charge in [0.1, 0.15) is 11.9 Å². The van der Waals surface area contributed by atoms with Crippen molar-refractivity contribution in [1.29, 1.82) is 0 Å². The number of anilines is 1. The first-order valence-electron chi connectivity index (χ1n) is 5.74. The van der Waals surface area contributed by atoms with Gasteiger partial charge in [-0.25, -0.2) is 0 Å². The molecule has 0 saturated heterocycles. The lowest BCUT2D eigenvalue weighted by Gasteiger charge is -2.14. The van der Waals surface area contributed by atoms with Crippen LogP contribution in [0.15, 0.2) is 24.3 Å². The molecule has 0 bridgehead atoms. The zero-order chi connectivity index (χ0) is 12.7. The molecule has 0 spiro atoms. The maximum Gasteiger partial charge on any atom is 0.253 e. The van der Waals surface area contributed by atoms with Crippen molar-refractivity contribution < 1.29 is 14.3 Å². The summed E-state index contributed by atoms with van der Waals surface area (Å²) < 4.78 is 10.5. The number of nitrogens with one attached hydrogen (secondary N) is 1. The van der Waals surface area contributed by atoms with Crippen LogP contribution >= 0.6 is 0 Å². The number of methoxy groups -OCH3 is 1. The Morgan fingerprint density at radius 1 is 1.41 bits per heavy atom. The number of amides is 1. The van der Waals surface area contributed by atoms with E-state index in [1.54, 1.807) is 6.92 Å². The minimum atomic E-state index is -0.478. The molecule has 0 fully saturated rings. The molecule has 0 aliphatic carbocycles. The molecule has 1 N–H and O–H groups in total. The van der Waals surface area contributed by atoms with Crippen molar-refractivity contribution >= 4 is 11.6 Å². The Morgan fingerprint density at radius 2 is 2.12 bits per heavy atom. The fraction of sp³-hybridized carbons (Fsp3) is 0.462. The van der Waals surface area contributed by atoms with Crippen molar-refractivity contribution in [2.45, 2.75) is 26.4 Å². The summed E-state index contributed by atoms with van der Waals surface area (Å²) in [5.41, 5.74) is 0.676. The van der Waals surface area contributed by atoms with Crippen molar-refractivity contribution in [3.8, 4) is 5.75 Å².